The van der Waals surface area contributed by atoms with Crippen molar-refractivity contribution in [2.45, 2.75) is 33.1 Å². The molecule has 0 spiro atoms. The summed E-state index contributed by atoms with van der Waals surface area (Å²) < 4.78 is 5.35. The fourth-order valence-electron chi connectivity index (χ4n) is 1.61. The zero-order chi connectivity index (χ0) is 13.7. The SMILES string of the molecule is CCCCc1nnc(NC(=O)c2ccc(C)cc2)o1. The standard InChI is InChI=1S/C14H17N3O2/c1-3-4-5-12-16-17-14(19-12)15-13(18)11-8-6-10(2)7-9-11/h6-9H,3-5H2,1-2H3,(H,15,17,18). The highest BCUT2D eigenvalue weighted by atomic mass is 16.4. The van der Waals surface area contributed by atoms with Crippen molar-refractivity contribution < 1.29 is 9.21 Å². The van der Waals surface area contributed by atoms with Gasteiger partial charge in [0.15, 0.2) is 0 Å². The van der Waals surface area contributed by atoms with Crippen molar-refractivity contribution in [2.24, 2.45) is 0 Å². The number of hydrogen-bond donors (Lipinski definition) is 1. The van der Waals surface area contributed by atoms with Gasteiger partial charge in [-0.2, -0.15) is 0 Å². The Hall–Kier alpha value is -2.17. The lowest BCUT2D eigenvalue weighted by atomic mass is 10.1. The van der Waals surface area contributed by atoms with Gasteiger partial charge in [-0.25, -0.2) is 0 Å². The lowest BCUT2D eigenvalue weighted by Gasteiger charge is -2.00. The normalized spacial score (nSPS) is 10.4. The second kappa shape index (κ2) is 6.13. The monoisotopic (exact) mass is 259 g/mol. The number of anilines is 1. The van der Waals surface area contributed by atoms with Gasteiger partial charge in [0.25, 0.3) is 5.91 Å². The number of aryl methyl sites for hydroxylation is 2. The van der Waals surface area contributed by atoms with E-state index in [0.717, 1.165) is 24.8 Å². The second-order valence-electron chi connectivity index (χ2n) is 4.42. The number of nitrogens with one attached hydrogen (secondary N) is 1. The van der Waals surface area contributed by atoms with Gasteiger partial charge in [0, 0.05) is 12.0 Å². The third kappa shape index (κ3) is 3.64. The second-order valence-corrected chi connectivity index (χ2v) is 4.42. The lowest BCUT2D eigenvalue weighted by molar-refractivity contribution is 0.102. The number of rotatable bonds is 5. The fraction of sp³-hybridized carbons (Fsp3) is 0.357. The van der Waals surface area contributed by atoms with E-state index >= 15 is 0 Å². The third-order valence-electron chi connectivity index (χ3n) is 2.75. The number of aromatic nitrogens is 2. The van der Waals surface area contributed by atoms with Crippen LogP contribution in [0.3, 0.4) is 0 Å². The first-order valence-electron chi connectivity index (χ1n) is 6.39. The molecule has 5 nitrogen and oxygen atoms in total. The molecule has 1 N–H and O–H groups in total. The summed E-state index contributed by atoms with van der Waals surface area (Å²) in [6.07, 6.45) is 2.80. The molecule has 2 rings (SSSR count). The molecule has 0 saturated carbocycles. The van der Waals surface area contributed by atoms with Crippen molar-refractivity contribution in [1.82, 2.24) is 10.2 Å². The van der Waals surface area contributed by atoms with E-state index < -0.39 is 0 Å². The molecule has 0 radical (unpaired) electrons. The van der Waals surface area contributed by atoms with Crippen LogP contribution in [0.5, 0.6) is 0 Å². The lowest BCUT2D eigenvalue weighted by Crippen LogP contribution is -2.11. The molecule has 0 bridgehead atoms. The van der Waals surface area contributed by atoms with Crippen molar-refractivity contribution >= 4 is 11.9 Å². The summed E-state index contributed by atoms with van der Waals surface area (Å²) in [6, 6.07) is 7.44. The molecule has 0 unspecified atom stereocenters. The molecule has 100 valence electrons. The fourth-order valence-corrected chi connectivity index (χ4v) is 1.61. The molecular weight excluding hydrogens is 242 g/mol. The Labute approximate surface area is 112 Å². The van der Waals surface area contributed by atoms with E-state index in [1.54, 1.807) is 12.1 Å². The molecule has 0 aliphatic heterocycles. The molecule has 1 amide bonds. The van der Waals surface area contributed by atoms with Crippen LogP contribution in [0.25, 0.3) is 0 Å². The summed E-state index contributed by atoms with van der Waals surface area (Å²) in [5.41, 5.74) is 1.68. The molecule has 5 heteroatoms. The maximum absolute atomic E-state index is 11.9. The van der Waals surface area contributed by atoms with Crippen LogP contribution in [-0.2, 0) is 6.42 Å². The molecule has 0 aliphatic rings. The number of amides is 1. The van der Waals surface area contributed by atoms with Crippen molar-refractivity contribution in [2.75, 3.05) is 5.32 Å². The predicted octanol–water partition coefficient (Wildman–Crippen LogP) is 2.97. The number of hydrogen-bond acceptors (Lipinski definition) is 4. The minimum absolute atomic E-state index is 0.150. The van der Waals surface area contributed by atoms with E-state index in [0.29, 0.717) is 11.5 Å². The van der Waals surface area contributed by atoms with Crippen LogP contribution in [0.1, 0.15) is 41.6 Å². The van der Waals surface area contributed by atoms with Crippen LogP contribution in [0.2, 0.25) is 0 Å². The van der Waals surface area contributed by atoms with Gasteiger partial charge in [-0.05, 0) is 25.5 Å². The largest absolute Gasteiger partial charge is 0.408 e. The summed E-state index contributed by atoms with van der Waals surface area (Å²) in [5.74, 6) is 0.312. The highest BCUT2D eigenvalue weighted by molar-refractivity contribution is 6.03. The zero-order valence-electron chi connectivity index (χ0n) is 11.1. The molecule has 1 aromatic carbocycles. The Balaban J connectivity index is 1.98. The first kappa shape index (κ1) is 13.3. The maximum Gasteiger partial charge on any atom is 0.322 e. The van der Waals surface area contributed by atoms with Crippen LogP contribution in [0.4, 0.5) is 6.01 Å². The van der Waals surface area contributed by atoms with Crippen LogP contribution in [0.15, 0.2) is 28.7 Å². The summed E-state index contributed by atoms with van der Waals surface area (Å²) >= 11 is 0. The average molecular weight is 259 g/mol. The van der Waals surface area contributed by atoms with Gasteiger partial charge >= 0.3 is 6.01 Å². The number of unbranched alkanes of at least 4 members (excludes halogenated alkanes) is 1. The maximum atomic E-state index is 11.9. The Kier molecular flexibility index (Phi) is 4.28. The van der Waals surface area contributed by atoms with Gasteiger partial charge in [0.05, 0.1) is 0 Å². The summed E-state index contributed by atoms with van der Waals surface area (Å²) in [7, 11) is 0. The number of carbonyl (C=O) groups excluding carboxylic acids is 1. The highest BCUT2D eigenvalue weighted by Gasteiger charge is 2.11. The summed E-state index contributed by atoms with van der Waals surface area (Å²) in [4.78, 5) is 11.9. The molecule has 19 heavy (non-hydrogen) atoms. The van der Waals surface area contributed by atoms with Crippen molar-refractivity contribution in [3.05, 3.63) is 41.3 Å². The average Bonchev–Trinajstić information content (AvgIpc) is 2.84. The Morgan fingerprint density at radius 2 is 2.00 bits per heavy atom. The number of carbonyl (C=O) groups is 1. The van der Waals surface area contributed by atoms with Crippen LogP contribution < -0.4 is 5.32 Å². The molecule has 0 aliphatic carbocycles. The number of benzene rings is 1. The zero-order valence-corrected chi connectivity index (χ0v) is 11.1. The van der Waals surface area contributed by atoms with E-state index in [4.69, 9.17) is 4.42 Å². The molecule has 2 aromatic rings. The minimum atomic E-state index is -0.245. The van der Waals surface area contributed by atoms with Gasteiger partial charge in [-0.3, -0.25) is 10.1 Å². The van der Waals surface area contributed by atoms with Crippen molar-refractivity contribution in [3.63, 3.8) is 0 Å². The molecule has 0 fully saturated rings. The van der Waals surface area contributed by atoms with Crippen LogP contribution in [-0.4, -0.2) is 16.1 Å². The van der Waals surface area contributed by atoms with E-state index in [1.165, 1.54) is 0 Å². The van der Waals surface area contributed by atoms with Crippen LogP contribution in [0, 0.1) is 6.92 Å². The first-order chi connectivity index (χ1) is 9.19. The minimum Gasteiger partial charge on any atom is -0.408 e. The van der Waals surface area contributed by atoms with Crippen molar-refractivity contribution in [1.29, 1.82) is 0 Å². The molecule has 1 aromatic heterocycles. The Morgan fingerprint density at radius 1 is 1.26 bits per heavy atom. The first-order valence-corrected chi connectivity index (χ1v) is 6.39. The van der Waals surface area contributed by atoms with E-state index in [-0.39, 0.29) is 11.9 Å². The third-order valence-corrected chi connectivity index (χ3v) is 2.75. The van der Waals surface area contributed by atoms with Gasteiger partial charge in [-0.1, -0.05) is 36.1 Å². The highest BCUT2D eigenvalue weighted by Crippen LogP contribution is 2.10. The molecular formula is C14H17N3O2. The summed E-state index contributed by atoms with van der Waals surface area (Å²) in [6.45, 7) is 4.07. The van der Waals surface area contributed by atoms with Gasteiger partial charge in [0.1, 0.15) is 0 Å². The predicted molar refractivity (Wildman–Crippen MR) is 72.0 cm³/mol. The molecule has 0 atom stereocenters. The van der Waals surface area contributed by atoms with E-state index in [9.17, 15) is 4.79 Å². The number of nitrogens with zero attached hydrogens (tertiary/aromatic N) is 2. The smallest absolute Gasteiger partial charge is 0.322 e. The quantitative estimate of drug-likeness (QED) is 0.896. The van der Waals surface area contributed by atoms with Gasteiger partial charge < -0.3 is 4.42 Å². The summed E-state index contributed by atoms with van der Waals surface area (Å²) in [5, 5.41) is 10.3. The Morgan fingerprint density at radius 3 is 2.68 bits per heavy atom. The molecule has 1 heterocycles. The Bertz CT molecular complexity index is 546. The van der Waals surface area contributed by atoms with E-state index in [1.807, 2.05) is 19.1 Å². The van der Waals surface area contributed by atoms with Crippen molar-refractivity contribution in [3.8, 4) is 0 Å². The molecule has 0 saturated heterocycles. The van der Waals surface area contributed by atoms with Gasteiger partial charge in [0.2, 0.25) is 5.89 Å². The van der Waals surface area contributed by atoms with Crippen LogP contribution >= 0.6 is 0 Å². The van der Waals surface area contributed by atoms with Gasteiger partial charge in [-0.15, -0.1) is 5.10 Å². The topological polar surface area (TPSA) is 68.0 Å². The van der Waals surface area contributed by atoms with E-state index in [2.05, 4.69) is 22.4 Å².